The normalized spacial score (nSPS) is 10.4. The molecule has 0 saturated heterocycles. The molecule has 0 aliphatic rings. The lowest BCUT2D eigenvalue weighted by atomic mass is 10.2. The van der Waals surface area contributed by atoms with Crippen molar-refractivity contribution in [3.05, 3.63) is 47.3 Å². The summed E-state index contributed by atoms with van der Waals surface area (Å²) in [6, 6.07) is 8.24. The molecule has 0 fully saturated rings. The Balaban J connectivity index is 2.34. The van der Waals surface area contributed by atoms with Crippen molar-refractivity contribution < 1.29 is 19.4 Å². The van der Waals surface area contributed by atoms with Gasteiger partial charge in [0.1, 0.15) is 0 Å². The van der Waals surface area contributed by atoms with E-state index in [9.17, 15) is 9.59 Å². The molecule has 0 spiro atoms. The summed E-state index contributed by atoms with van der Waals surface area (Å²) >= 11 is 0. The zero-order valence-corrected chi connectivity index (χ0v) is 11.9. The van der Waals surface area contributed by atoms with Crippen molar-refractivity contribution in [3.63, 3.8) is 0 Å². The van der Waals surface area contributed by atoms with Crippen LogP contribution in [0.1, 0.15) is 40.4 Å². The first-order valence-electron chi connectivity index (χ1n) is 6.66. The van der Waals surface area contributed by atoms with Gasteiger partial charge in [0.2, 0.25) is 0 Å². The first-order chi connectivity index (χ1) is 10.1. The van der Waals surface area contributed by atoms with Crippen LogP contribution in [0.15, 0.2) is 30.3 Å². The third kappa shape index (κ3) is 3.10. The Labute approximate surface area is 122 Å². The zero-order valence-electron chi connectivity index (χ0n) is 11.9. The fourth-order valence-corrected chi connectivity index (χ4v) is 1.95. The van der Waals surface area contributed by atoms with E-state index in [0.29, 0.717) is 24.3 Å². The molecule has 6 nitrogen and oxygen atoms in total. The van der Waals surface area contributed by atoms with Crippen LogP contribution in [0.2, 0.25) is 0 Å². The minimum Gasteiger partial charge on any atom is -0.476 e. The number of aryl methyl sites for hydroxylation is 1. The molecule has 0 saturated carbocycles. The van der Waals surface area contributed by atoms with E-state index < -0.39 is 5.97 Å². The number of esters is 1. The highest BCUT2D eigenvalue weighted by Gasteiger charge is 2.14. The number of ether oxygens (including phenoxy) is 1. The number of carboxylic acids is 1. The molecule has 2 aromatic rings. The summed E-state index contributed by atoms with van der Waals surface area (Å²) in [4.78, 5) is 22.6. The molecule has 6 heteroatoms. The minimum absolute atomic E-state index is 0.00122. The summed E-state index contributed by atoms with van der Waals surface area (Å²) in [7, 11) is 0. The van der Waals surface area contributed by atoms with Crippen molar-refractivity contribution >= 4 is 11.9 Å². The summed E-state index contributed by atoms with van der Waals surface area (Å²) in [5.74, 6) is -1.45. The van der Waals surface area contributed by atoms with E-state index in [-0.39, 0.29) is 11.7 Å². The van der Waals surface area contributed by atoms with Gasteiger partial charge in [0.05, 0.1) is 17.9 Å². The maximum atomic E-state index is 11.6. The van der Waals surface area contributed by atoms with E-state index >= 15 is 0 Å². The van der Waals surface area contributed by atoms with Gasteiger partial charge in [-0.2, -0.15) is 5.10 Å². The summed E-state index contributed by atoms with van der Waals surface area (Å²) in [5.41, 5.74) is 1.94. The number of rotatable bonds is 5. The third-order valence-electron chi connectivity index (χ3n) is 2.99. The monoisotopic (exact) mass is 288 g/mol. The van der Waals surface area contributed by atoms with Crippen LogP contribution >= 0.6 is 0 Å². The van der Waals surface area contributed by atoms with Gasteiger partial charge in [-0.1, -0.05) is 6.92 Å². The fraction of sp³-hybridized carbons (Fsp3) is 0.267. The largest absolute Gasteiger partial charge is 0.476 e. The van der Waals surface area contributed by atoms with Crippen LogP contribution in [0.3, 0.4) is 0 Å². The van der Waals surface area contributed by atoms with Crippen molar-refractivity contribution in [2.45, 2.75) is 20.3 Å². The van der Waals surface area contributed by atoms with E-state index in [4.69, 9.17) is 9.84 Å². The molecule has 0 radical (unpaired) electrons. The van der Waals surface area contributed by atoms with E-state index in [2.05, 4.69) is 5.10 Å². The molecular weight excluding hydrogens is 272 g/mol. The summed E-state index contributed by atoms with van der Waals surface area (Å²) < 4.78 is 6.48. The SMILES string of the molecule is CCOC(=O)c1ccc(-n2nc(C(=O)O)cc2CC)cc1. The molecular formula is C15H16N2O4. The summed E-state index contributed by atoms with van der Waals surface area (Å²) in [6.45, 7) is 3.99. The Bertz CT molecular complexity index is 659. The highest BCUT2D eigenvalue weighted by molar-refractivity contribution is 5.89. The molecule has 0 unspecified atom stereocenters. The summed E-state index contributed by atoms with van der Waals surface area (Å²) in [6.07, 6.45) is 0.653. The quantitative estimate of drug-likeness (QED) is 0.854. The number of carboxylic acid groups (broad SMARTS) is 1. The fourth-order valence-electron chi connectivity index (χ4n) is 1.95. The van der Waals surface area contributed by atoms with Gasteiger partial charge in [-0.15, -0.1) is 0 Å². The van der Waals surface area contributed by atoms with Gasteiger partial charge in [0.25, 0.3) is 0 Å². The van der Waals surface area contributed by atoms with Gasteiger partial charge >= 0.3 is 11.9 Å². The lowest BCUT2D eigenvalue weighted by Crippen LogP contribution is -2.06. The topological polar surface area (TPSA) is 81.4 Å². The van der Waals surface area contributed by atoms with Crippen molar-refractivity contribution in [2.75, 3.05) is 6.61 Å². The smallest absolute Gasteiger partial charge is 0.356 e. The molecule has 1 heterocycles. The molecule has 0 atom stereocenters. The van der Waals surface area contributed by atoms with Crippen LogP contribution in [0.25, 0.3) is 5.69 Å². The standard InChI is InChI=1S/C15H16N2O4/c1-3-11-9-13(14(18)19)16-17(11)12-7-5-10(6-8-12)15(20)21-4-2/h5-9H,3-4H2,1-2H3,(H,18,19). The Morgan fingerprint density at radius 3 is 2.43 bits per heavy atom. The highest BCUT2D eigenvalue weighted by Crippen LogP contribution is 2.15. The number of carbonyl (C=O) groups excluding carboxylic acids is 1. The maximum Gasteiger partial charge on any atom is 0.356 e. The molecule has 0 aliphatic heterocycles. The number of aromatic nitrogens is 2. The highest BCUT2D eigenvalue weighted by atomic mass is 16.5. The average molecular weight is 288 g/mol. The zero-order chi connectivity index (χ0) is 15.4. The summed E-state index contributed by atoms with van der Waals surface area (Å²) in [5, 5.41) is 13.1. The molecule has 1 aromatic heterocycles. The van der Waals surface area contributed by atoms with Gasteiger partial charge in [-0.25, -0.2) is 14.3 Å². The van der Waals surface area contributed by atoms with Crippen LogP contribution in [-0.2, 0) is 11.2 Å². The number of aromatic carboxylic acids is 1. The van der Waals surface area contributed by atoms with Gasteiger partial charge < -0.3 is 9.84 Å². The molecule has 21 heavy (non-hydrogen) atoms. The lowest BCUT2D eigenvalue weighted by Gasteiger charge is -2.07. The molecule has 0 amide bonds. The second kappa shape index (κ2) is 6.21. The third-order valence-corrected chi connectivity index (χ3v) is 2.99. The average Bonchev–Trinajstić information content (AvgIpc) is 2.92. The van der Waals surface area contributed by atoms with Crippen molar-refractivity contribution in [1.29, 1.82) is 0 Å². The van der Waals surface area contributed by atoms with E-state index in [1.165, 1.54) is 0 Å². The predicted octanol–water partition coefficient (Wildman–Crippen LogP) is 2.31. The van der Waals surface area contributed by atoms with Crippen molar-refractivity contribution in [1.82, 2.24) is 9.78 Å². The Hall–Kier alpha value is -2.63. The van der Waals surface area contributed by atoms with Crippen LogP contribution in [0, 0.1) is 0 Å². The van der Waals surface area contributed by atoms with Gasteiger partial charge in [-0.05, 0) is 43.7 Å². The van der Waals surface area contributed by atoms with E-state index in [0.717, 1.165) is 5.69 Å². The molecule has 110 valence electrons. The van der Waals surface area contributed by atoms with Crippen LogP contribution in [0.4, 0.5) is 0 Å². The second-order valence-electron chi connectivity index (χ2n) is 4.36. The first-order valence-corrected chi connectivity index (χ1v) is 6.66. The van der Waals surface area contributed by atoms with Crippen molar-refractivity contribution in [3.8, 4) is 5.69 Å². The Morgan fingerprint density at radius 1 is 1.24 bits per heavy atom. The molecule has 2 rings (SSSR count). The van der Waals surface area contributed by atoms with Crippen LogP contribution < -0.4 is 0 Å². The van der Waals surface area contributed by atoms with Gasteiger partial charge in [0.15, 0.2) is 5.69 Å². The predicted molar refractivity (Wildman–Crippen MR) is 75.9 cm³/mol. The number of benzene rings is 1. The molecule has 1 N–H and O–H groups in total. The van der Waals surface area contributed by atoms with Crippen LogP contribution in [-0.4, -0.2) is 33.4 Å². The van der Waals surface area contributed by atoms with E-state index in [1.807, 2.05) is 6.92 Å². The van der Waals surface area contributed by atoms with Crippen LogP contribution in [0.5, 0.6) is 0 Å². The van der Waals surface area contributed by atoms with Gasteiger partial charge in [-0.3, -0.25) is 0 Å². The van der Waals surface area contributed by atoms with Gasteiger partial charge in [0, 0.05) is 5.69 Å². The molecule has 0 aliphatic carbocycles. The number of nitrogens with zero attached hydrogens (tertiary/aromatic N) is 2. The van der Waals surface area contributed by atoms with Crippen molar-refractivity contribution in [2.24, 2.45) is 0 Å². The lowest BCUT2D eigenvalue weighted by molar-refractivity contribution is 0.0526. The maximum absolute atomic E-state index is 11.6. The Kier molecular flexibility index (Phi) is 4.37. The number of hydrogen-bond acceptors (Lipinski definition) is 4. The first kappa shape index (κ1) is 14.8. The number of hydrogen-bond donors (Lipinski definition) is 1. The number of carbonyl (C=O) groups is 2. The minimum atomic E-state index is -1.06. The van der Waals surface area contributed by atoms with E-state index in [1.54, 1.807) is 41.9 Å². The Morgan fingerprint density at radius 2 is 1.90 bits per heavy atom. The second-order valence-corrected chi connectivity index (χ2v) is 4.36. The molecule has 0 bridgehead atoms. The molecule has 1 aromatic carbocycles.